The number of nitrogens with one attached hydrogen (secondary N) is 1. The highest BCUT2D eigenvalue weighted by Gasteiger charge is 2.16. The van der Waals surface area contributed by atoms with Crippen molar-refractivity contribution in [1.82, 2.24) is 4.98 Å². The number of anilines is 1. The summed E-state index contributed by atoms with van der Waals surface area (Å²) in [5.41, 5.74) is -0.358. The first-order valence-corrected chi connectivity index (χ1v) is 4.14. The number of carbonyl (C=O) groups is 1. The molecule has 0 atom stereocenters. The molecule has 2 N–H and O–H groups in total. The van der Waals surface area contributed by atoms with Crippen LogP contribution in [0.5, 0.6) is 0 Å². The Labute approximate surface area is 88.8 Å². The minimum absolute atomic E-state index is 0.113. The Kier molecular flexibility index (Phi) is 3.40. The van der Waals surface area contributed by atoms with Crippen molar-refractivity contribution in [2.24, 2.45) is 0 Å². The van der Waals surface area contributed by atoms with Gasteiger partial charge in [-0.05, 0) is 0 Å². The van der Waals surface area contributed by atoms with Crippen molar-refractivity contribution in [2.75, 3.05) is 11.9 Å². The summed E-state index contributed by atoms with van der Waals surface area (Å²) in [4.78, 5) is 23.7. The summed E-state index contributed by atoms with van der Waals surface area (Å²) in [6.07, 6.45) is 1.19. The van der Waals surface area contributed by atoms with Gasteiger partial charge >= 0.3 is 11.7 Å². The predicted molar refractivity (Wildman–Crippen MR) is 52.0 cm³/mol. The Morgan fingerprint density at radius 3 is 2.93 bits per heavy atom. The Bertz CT molecular complexity index is 409. The minimum Gasteiger partial charge on any atom is -0.480 e. The van der Waals surface area contributed by atoms with Crippen LogP contribution in [0.2, 0.25) is 5.02 Å². The number of carboxylic acid groups (broad SMARTS) is 1. The quantitative estimate of drug-likeness (QED) is 0.595. The molecule has 0 radical (unpaired) electrons. The van der Waals surface area contributed by atoms with Crippen LogP contribution in [0, 0.1) is 10.1 Å². The molecule has 0 aliphatic heterocycles. The summed E-state index contributed by atoms with van der Waals surface area (Å²) < 4.78 is 0. The molecule has 1 rings (SSSR count). The molecule has 1 aromatic rings. The van der Waals surface area contributed by atoms with E-state index in [-0.39, 0.29) is 16.5 Å². The number of aliphatic carboxylic acids is 1. The van der Waals surface area contributed by atoms with Gasteiger partial charge in [0.05, 0.1) is 9.95 Å². The fourth-order valence-corrected chi connectivity index (χ4v) is 1.02. The number of nitro groups is 1. The second-order valence-electron chi connectivity index (χ2n) is 2.53. The molecule has 0 fully saturated rings. The Morgan fingerprint density at radius 1 is 1.73 bits per heavy atom. The number of carboxylic acids is 1. The zero-order valence-corrected chi connectivity index (χ0v) is 8.06. The summed E-state index contributed by atoms with van der Waals surface area (Å²) in [6, 6.07) is 1.10. The molecule has 0 saturated heterocycles. The van der Waals surface area contributed by atoms with Gasteiger partial charge in [-0.2, -0.15) is 0 Å². The van der Waals surface area contributed by atoms with Gasteiger partial charge in [0, 0.05) is 12.3 Å². The maximum atomic E-state index is 10.5. The summed E-state index contributed by atoms with van der Waals surface area (Å²) in [5.74, 6) is -1.26. The normalized spacial score (nSPS) is 9.67. The van der Waals surface area contributed by atoms with E-state index in [0.29, 0.717) is 0 Å². The summed E-state index contributed by atoms with van der Waals surface area (Å²) in [5, 5.41) is 21.3. The monoisotopic (exact) mass is 231 g/mol. The van der Waals surface area contributed by atoms with Crippen LogP contribution >= 0.6 is 11.6 Å². The zero-order chi connectivity index (χ0) is 11.4. The summed E-state index contributed by atoms with van der Waals surface area (Å²) in [6.45, 7) is -0.449. The number of pyridine rings is 1. The topological polar surface area (TPSA) is 105 Å². The van der Waals surface area contributed by atoms with Gasteiger partial charge in [-0.25, -0.2) is 4.98 Å². The van der Waals surface area contributed by atoms with E-state index >= 15 is 0 Å². The van der Waals surface area contributed by atoms with Gasteiger partial charge in [-0.15, -0.1) is 0 Å². The third-order valence-corrected chi connectivity index (χ3v) is 1.64. The third-order valence-electron chi connectivity index (χ3n) is 1.44. The first-order chi connectivity index (χ1) is 7.00. The van der Waals surface area contributed by atoms with Crippen molar-refractivity contribution in [3.05, 3.63) is 27.4 Å². The van der Waals surface area contributed by atoms with Crippen molar-refractivity contribution in [2.45, 2.75) is 0 Å². The fraction of sp³-hybridized carbons (Fsp3) is 0.143. The molecule has 80 valence electrons. The molecule has 7 nitrogen and oxygen atoms in total. The number of aromatic nitrogens is 1. The van der Waals surface area contributed by atoms with E-state index in [9.17, 15) is 14.9 Å². The SMILES string of the molecule is O=C(O)CNc1ncc(Cl)cc1[N+](=O)[O-]. The summed E-state index contributed by atoms with van der Waals surface area (Å²) in [7, 11) is 0. The molecule has 0 saturated carbocycles. The van der Waals surface area contributed by atoms with Crippen LogP contribution in [-0.2, 0) is 4.79 Å². The van der Waals surface area contributed by atoms with Crippen molar-refractivity contribution >= 4 is 29.1 Å². The lowest BCUT2D eigenvalue weighted by Crippen LogP contribution is -2.14. The van der Waals surface area contributed by atoms with Crippen LogP contribution in [0.25, 0.3) is 0 Å². The van der Waals surface area contributed by atoms with E-state index in [2.05, 4.69) is 10.3 Å². The second-order valence-corrected chi connectivity index (χ2v) is 2.96. The molecule has 8 heteroatoms. The Morgan fingerprint density at radius 2 is 2.40 bits per heavy atom. The number of rotatable bonds is 4. The van der Waals surface area contributed by atoms with Crippen molar-refractivity contribution in [1.29, 1.82) is 0 Å². The van der Waals surface area contributed by atoms with Crippen LogP contribution in [-0.4, -0.2) is 27.5 Å². The molecule has 0 amide bonds. The molecule has 0 aromatic carbocycles. The maximum Gasteiger partial charge on any atom is 0.322 e. The molecule has 0 aliphatic carbocycles. The molecule has 15 heavy (non-hydrogen) atoms. The smallest absolute Gasteiger partial charge is 0.322 e. The van der Waals surface area contributed by atoms with Crippen LogP contribution < -0.4 is 5.32 Å². The van der Waals surface area contributed by atoms with Gasteiger partial charge in [0.25, 0.3) is 0 Å². The minimum atomic E-state index is -1.14. The van der Waals surface area contributed by atoms with Gasteiger partial charge in [0.15, 0.2) is 0 Å². The third kappa shape index (κ3) is 3.06. The van der Waals surface area contributed by atoms with Crippen molar-refractivity contribution in [3.8, 4) is 0 Å². The highest BCUT2D eigenvalue weighted by molar-refractivity contribution is 6.30. The van der Waals surface area contributed by atoms with E-state index < -0.39 is 17.4 Å². The molecule has 0 unspecified atom stereocenters. The largest absolute Gasteiger partial charge is 0.480 e. The molecule has 1 heterocycles. The van der Waals surface area contributed by atoms with Crippen molar-refractivity contribution in [3.63, 3.8) is 0 Å². The van der Waals surface area contributed by atoms with E-state index in [1.807, 2.05) is 0 Å². The van der Waals surface area contributed by atoms with E-state index in [1.54, 1.807) is 0 Å². The number of hydrogen-bond acceptors (Lipinski definition) is 5. The number of nitrogens with zero attached hydrogens (tertiary/aromatic N) is 2. The average molecular weight is 232 g/mol. The molecular weight excluding hydrogens is 226 g/mol. The first-order valence-electron chi connectivity index (χ1n) is 3.76. The molecule has 0 bridgehead atoms. The molecule has 1 aromatic heterocycles. The van der Waals surface area contributed by atoms with Gasteiger partial charge in [0.2, 0.25) is 5.82 Å². The lowest BCUT2D eigenvalue weighted by Gasteiger charge is -2.02. The van der Waals surface area contributed by atoms with Gasteiger partial charge in [0.1, 0.15) is 6.54 Å². The number of hydrogen-bond donors (Lipinski definition) is 2. The van der Waals surface area contributed by atoms with Gasteiger partial charge in [-0.3, -0.25) is 14.9 Å². The Hall–Kier alpha value is -1.89. The van der Waals surface area contributed by atoms with Crippen LogP contribution in [0.4, 0.5) is 11.5 Å². The maximum absolute atomic E-state index is 10.5. The lowest BCUT2D eigenvalue weighted by molar-refractivity contribution is -0.384. The van der Waals surface area contributed by atoms with Crippen LogP contribution in [0.15, 0.2) is 12.3 Å². The highest BCUT2D eigenvalue weighted by Crippen LogP contribution is 2.24. The van der Waals surface area contributed by atoms with Gasteiger partial charge < -0.3 is 10.4 Å². The molecule has 0 spiro atoms. The number of halogens is 1. The van der Waals surface area contributed by atoms with Crippen molar-refractivity contribution < 1.29 is 14.8 Å². The van der Waals surface area contributed by atoms with E-state index in [1.165, 1.54) is 6.20 Å². The standard InChI is InChI=1S/C7H6ClN3O4/c8-4-1-5(11(14)15)7(9-2-4)10-3-6(12)13/h1-2H,3H2,(H,9,10)(H,12,13). The average Bonchev–Trinajstić information content (AvgIpc) is 2.15. The van der Waals surface area contributed by atoms with E-state index in [4.69, 9.17) is 16.7 Å². The van der Waals surface area contributed by atoms with Gasteiger partial charge in [-0.1, -0.05) is 11.6 Å². The van der Waals surface area contributed by atoms with E-state index in [0.717, 1.165) is 6.07 Å². The molecular formula is C7H6ClN3O4. The second kappa shape index (κ2) is 4.56. The van der Waals surface area contributed by atoms with Crippen LogP contribution in [0.1, 0.15) is 0 Å². The fourth-order valence-electron chi connectivity index (χ4n) is 0.863. The lowest BCUT2D eigenvalue weighted by atomic mass is 10.4. The predicted octanol–water partition coefficient (Wildman–Crippen LogP) is 1.14. The Balaban J connectivity index is 2.95. The molecule has 0 aliphatic rings. The highest BCUT2D eigenvalue weighted by atomic mass is 35.5. The van der Waals surface area contributed by atoms with Crippen LogP contribution in [0.3, 0.4) is 0 Å². The first kappa shape index (κ1) is 11.2. The zero-order valence-electron chi connectivity index (χ0n) is 7.31. The summed E-state index contributed by atoms with van der Waals surface area (Å²) >= 11 is 5.51.